The number of rotatable bonds is 5. The molecule has 4 rings (SSSR count). The fourth-order valence-corrected chi connectivity index (χ4v) is 4.50. The van der Waals surface area contributed by atoms with Gasteiger partial charge in [-0.25, -0.2) is 4.98 Å². The lowest BCUT2D eigenvalue weighted by Gasteiger charge is -2.11. The first-order chi connectivity index (χ1) is 14.1. The first-order valence-electron chi connectivity index (χ1n) is 9.50. The SMILES string of the molecule is CCc1ccccc1NC(=O)Cn1cnc2sc(C)c(-c3ccccc3)c2c1=O. The molecule has 0 aliphatic heterocycles. The number of carbonyl (C=O) groups is 1. The Balaban J connectivity index is 1.69. The molecule has 0 saturated heterocycles. The van der Waals surface area contributed by atoms with Crippen LogP contribution in [0.25, 0.3) is 21.3 Å². The maximum Gasteiger partial charge on any atom is 0.263 e. The van der Waals surface area contributed by atoms with Crippen LogP contribution in [0.5, 0.6) is 0 Å². The zero-order chi connectivity index (χ0) is 20.4. The predicted octanol–water partition coefficient (Wildman–Crippen LogP) is 4.63. The molecule has 4 aromatic rings. The minimum Gasteiger partial charge on any atom is -0.324 e. The third-order valence-electron chi connectivity index (χ3n) is 4.90. The number of hydrogen-bond donors (Lipinski definition) is 1. The second kappa shape index (κ2) is 8.01. The van der Waals surface area contributed by atoms with Gasteiger partial charge in [0, 0.05) is 16.1 Å². The van der Waals surface area contributed by atoms with Crippen molar-refractivity contribution in [2.75, 3.05) is 5.32 Å². The number of fused-ring (bicyclic) bond motifs is 1. The Morgan fingerprint density at radius 1 is 1.10 bits per heavy atom. The summed E-state index contributed by atoms with van der Waals surface area (Å²) in [5.41, 5.74) is 3.51. The Bertz CT molecular complexity index is 1240. The first kappa shape index (κ1) is 19.1. The molecule has 6 heteroatoms. The largest absolute Gasteiger partial charge is 0.324 e. The molecule has 0 spiro atoms. The van der Waals surface area contributed by atoms with E-state index in [4.69, 9.17) is 0 Å². The highest BCUT2D eigenvalue weighted by Gasteiger charge is 2.17. The van der Waals surface area contributed by atoms with Crippen LogP contribution >= 0.6 is 11.3 Å². The molecule has 0 bridgehead atoms. The van der Waals surface area contributed by atoms with Gasteiger partial charge in [0.15, 0.2) is 0 Å². The summed E-state index contributed by atoms with van der Waals surface area (Å²) < 4.78 is 1.38. The molecule has 0 unspecified atom stereocenters. The quantitative estimate of drug-likeness (QED) is 0.528. The topological polar surface area (TPSA) is 64.0 Å². The maximum atomic E-state index is 13.2. The van der Waals surface area contributed by atoms with Crippen molar-refractivity contribution in [1.82, 2.24) is 9.55 Å². The van der Waals surface area contributed by atoms with Crippen LogP contribution in [0.4, 0.5) is 5.69 Å². The molecule has 0 saturated carbocycles. The Hall–Kier alpha value is -3.25. The highest BCUT2D eigenvalue weighted by Crippen LogP contribution is 2.35. The second-order valence-electron chi connectivity index (χ2n) is 6.82. The van der Waals surface area contributed by atoms with E-state index < -0.39 is 0 Å². The number of aromatic nitrogens is 2. The van der Waals surface area contributed by atoms with Crippen LogP contribution in [-0.2, 0) is 17.8 Å². The molecule has 0 atom stereocenters. The summed E-state index contributed by atoms with van der Waals surface area (Å²) in [4.78, 5) is 32.0. The van der Waals surface area contributed by atoms with Gasteiger partial charge in [0.25, 0.3) is 5.56 Å². The molecule has 1 N–H and O–H groups in total. The number of benzene rings is 2. The molecule has 0 radical (unpaired) electrons. The Morgan fingerprint density at radius 2 is 1.83 bits per heavy atom. The van der Waals surface area contributed by atoms with Gasteiger partial charge in [-0.2, -0.15) is 0 Å². The van der Waals surface area contributed by atoms with Crippen molar-refractivity contribution in [3.63, 3.8) is 0 Å². The monoisotopic (exact) mass is 403 g/mol. The van der Waals surface area contributed by atoms with Crippen LogP contribution < -0.4 is 10.9 Å². The number of aryl methyl sites for hydroxylation is 2. The summed E-state index contributed by atoms with van der Waals surface area (Å²) in [6.45, 7) is 3.95. The maximum absolute atomic E-state index is 13.2. The number of anilines is 1. The normalized spacial score (nSPS) is 11.0. The van der Waals surface area contributed by atoms with E-state index in [0.717, 1.165) is 33.7 Å². The lowest BCUT2D eigenvalue weighted by atomic mass is 10.0. The van der Waals surface area contributed by atoms with E-state index in [9.17, 15) is 9.59 Å². The van der Waals surface area contributed by atoms with E-state index in [1.807, 2.05) is 68.4 Å². The Morgan fingerprint density at radius 3 is 2.59 bits per heavy atom. The van der Waals surface area contributed by atoms with E-state index in [2.05, 4.69) is 10.3 Å². The van der Waals surface area contributed by atoms with Gasteiger partial charge < -0.3 is 5.32 Å². The van der Waals surface area contributed by atoms with Crippen molar-refractivity contribution in [3.8, 4) is 11.1 Å². The molecule has 0 aliphatic rings. The molecule has 0 aliphatic carbocycles. The summed E-state index contributed by atoms with van der Waals surface area (Å²) >= 11 is 1.50. The number of amides is 1. The molecule has 2 heterocycles. The lowest BCUT2D eigenvalue weighted by molar-refractivity contribution is -0.116. The summed E-state index contributed by atoms with van der Waals surface area (Å²) in [5.74, 6) is -0.248. The minimum atomic E-state index is -0.248. The predicted molar refractivity (Wildman–Crippen MR) is 119 cm³/mol. The van der Waals surface area contributed by atoms with Crippen LogP contribution in [0.15, 0.2) is 65.7 Å². The number of carbonyl (C=O) groups excluding carboxylic acids is 1. The molecular weight excluding hydrogens is 382 g/mol. The van der Waals surface area contributed by atoms with Crippen LogP contribution in [0.3, 0.4) is 0 Å². The Kier molecular flexibility index (Phi) is 5.27. The molecule has 146 valence electrons. The average molecular weight is 404 g/mol. The van der Waals surface area contributed by atoms with Crippen LogP contribution in [-0.4, -0.2) is 15.5 Å². The van der Waals surface area contributed by atoms with Gasteiger partial charge in [0.2, 0.25) is 5.91 Å². The van der Waals surface area contributed by atoms with E-state index >= 15 is 0 Å². The third kappa shape index (κ3) is 3.71. The molecule has 2 aromatic carbocycles. The van der Waals surface area contributed by atoms with Crippen molar-refractivity contribution >= 4 is 33.1 Å². The summed E-state index contributed by atoms with van der Waals surface area (Å²) in [5, 5.41) is 3.49. The van der Waals surface area contributed by atoms with E-state index in [0.29, 0.717) is 10.2 Å². The van der Waals surface area contributed by atoms with Crippen molar-refractivity contribution in [1.29, 1.82) is 0 Å². The molecular formula is C23H21N3O2S. The zero-order valence-electron chi connectivity index (χ0n) is 16.3. The van der Waals surface area contributed by atoms with Crippen molar-refractivity contribution in [2.45, 2.75) is 26.8 Å². The van der Waals surface area contributed by atoms with E-state index in [1.54, 1.807) is 0 Å². The fourth-order valence-electron chi connectivity index (χ4n) is 3.50. The highest BCUT2D eigenvalue weighted by molar-refractivity contribution is 7.19. The van der Waals surface area contributed by atoms with Crippen LogP contribution in [0.1, 0.15) is 17.4 Å². The van der Waals surface area contributed by atoms with Gasteiger partial charge >= 0.3 is 0 Å². The number of nitrogens with one attached hydrogen (secondary N) is 1. The molecule has 29 heavy (non-hydrogen) atoms. The van der Waals surface area contributed by atoms with Gasteiger partial charge in [-0.15, -0.1) is 11.3 Å². The molecule has 2 aromatic heterocycles. The second-order valence-corrected chi connectivity index (χ2v) is 8.02. The van der Waals surface area contributed by atoms with Gasteiger partial charge in [-0.05, 0) is 30.5 Å². The third-order valence-corrected chi connectivity index (χ3v) is 5.92. The minimum absolute atomic E-state index is 0.0804. The van der Waals surface area contributed by atoms with Gasteiger partial charge in [-0.3, -0.25) is 14.2 Å². The molecule has 0 fully saturated rings. The zero-order valence-corrected chi connectivity index (χ0v) is 17.1. The van der Waals surface area contributed by atoms with E-state index in [-0.39, 0.29) is 18.0 Å². The summed E-state index contributed by atoms with van der Waals surface area (Å²) in [7, 11) is 0. The lowest BCUT2D eigenvalue weighted by Crippen LogP contribution is -2.28. The van der Waals surface area contributed by atoms with Crippen molar-refractivity contribution in [2.24, 2.45) is 0 Å². The number of nitrogens with zero attached hydrogens (tertiary/aromatic N) is 2. The van der Waals surface area contributed by atoms with Gasteiger partial charge in [-0.1, -0.05) is 55.5 Å². The molecule has 1 amide bonds. The number of para-hydroxylation sites is 1. The van der Waals surface area contributed by atoms with Crippen LogP contribution in [0, 0.1) is 6.92 Å². The first-order valence-corrected chi connectivity index (χ1v) is 10.3. The summed E-state index contributed by atoms with van der Waals surface area (Å²) in [6.07, 6.45) is 2.28. The summed E-state index contributed by atoms with van der Waals surface area (Å²) in [6, 6.07) is 17.5. The van der Waals surface area contributed by atoms with Crippen LogP contribution in [0.2, 0.25) is 0 Å². The number of hydrogen-bond acceptors (Lipinski definition) is 4. The van der Waals surface area contributed by atoms with Gasteiger partial charge in [0.1, 0.15) is 11.4 Å². The van der Waals surface area contributed by atoms with E-state index in [1.165, 1.54) is 22.2 Å². The standard InChI is InChI=1S/C23H21N3O2S/c1-3-16-9-7-8-12-18(16)25-19(27)13-26-14-24-22-21(23(26)28)20(15(2)29-22)17-10-5-4-6-11-17/h4-12,14H,3,13H2,1-2H3,(H,25,27). The Labute approximate surface area is 172 Å². The smallest absolute Gasteiger partial charge is 0.263 e. The number of thiophene rings is 1. The fraction of sp³-hybridized carbons (Fsp3) is 0.174. The van der Waals surface area contributed by atoms with Gasteiger partial charge in [0.05, 0.1) is 11.7 Å². The van der Waals surface area contributed by atoms with Crippen molar-refractivity contribution in [3.05, 3.63) is 81.7 Å². The highest BCUT2D eigenvalue weighted by atomic mass is 32.1. The molecule has 5 nitrogen and oxygen atoms in total. The average Bonchev–Trinajstić information content (AvgIpc) is 3.08. The van der Waals surface area contributed by atoms with Crippen molar-refractivity contribution < 1.29 is 4.79 Å².